The minimum absolute atomic E-state index is 0.143. The van der Waals surface area contributed by atoms with Gasteiger partial charge in [-0.25, -0.2) is 9.78 Å². The lowest BCUT2D eigenvalue weighted by atomic mass is 9.83. The van der Waals surface area contributed by atoms with E-state index >= 15 is 0 Å². The lowest BCUT2D eigenvalue weighted by Crippen LogP contribution is -2.39. The number of esters is 1. The number of aromatic nitrogens is 2. The zero-order valence-corrected chi connectivity index (χ0v) is 23.6. The van der Waals surface area contributed by atoms with Crippen molar-refractivity contribution in [1.82, 2.24) is 9.38 Å². The molecule has 0 bridgehead atoms. The molecule has 8 heteroatoms. The number of carbonyl (C=O) groups excluding carboxylic acids is 1. The van der Waals surface area contributed by atoms with E-state index in [4.69, 9.17) is 21.3 Å². The Morgan fingerprint density at radius 2 is 1.84 bits per heavy atom. The third-order valence-electron chi connectivity index (χ3n) is 6.82. The molecule has 1 atom stereocenters. The molecule has 198 valence electrons. The molecule has 0 saturated carbocycles. The third-order valence-corrected chi connectivity index (χ3v) is 7.15. The molecule has 1 unspecified atom stereocenters. The van der Waals surface area contributed by atoms with E-state index in [-0.39, 0.29) is 22.0 Å². The van der Waals surface area contributed by atoms with E-state index in [1.807, 2.05) is 58.9 Å². The van der Waals surface area contributed by atoms with E-state index < -0.39 is 11.6 Å². The number of hydrogen-bond acceptors (Lipinski definition) is 6. The second kappa shape index (κ2) is 10.0. The number of para-hydroxylation sites is 1. The number of pyridine rings is 1. The summed E-state index contributed by atoms with van der Waals surface area (Å²) in [4.78, 5) is 33.3. The molecule has 3 heterocycles. The number of carbonyl (C=O) groups is 1. The number of rotatable bonds is 5. The van der Waals surface area contributed by atoms with E-state index in [9.17, 15) is 9.59 Å². The first-order chi connectivity index (χ1) is 17.3. The van der Waals surface area contributed by atoms with Crippen LogP contribution in [0, 0.1) is 12.3 Å². The second-order valence-corrected chi connectivity index (χ2v) is 12.2. The first-order valence-corrected chi connectivity index (χ1v) is 13.2. The Kier molecular flexibility index (Phi) is 7.30. The highest BCUT2D eigenvalue weighted by Crippen LogP contribution is 2.34. The summed E-state index contributed by atoms with van der Waals surface area (Å²) in [5.41, 5.74) is 2.77. The van der Waals surface area contributed by atoms with Crippen LogP contribution >= 0.6 is 11.6 Å². The molecule has 0 spiro atoms. The van der Waals surface area contributed by atoms with Gasteiger partial charge in [-0.15, -0.1) is 0 Å². The molecule has 1 fully saturated rings. The molecule has 7 nitrogen and oxygen atoms in total. The third kappa shape index (κ3) is 5.93. The fourth-order valence-electron chi connectivity index (χ4n) is 4.66. The molecule has 1 aliphatic rings. The average molecular weight is 525 g/mol. The van der Waals surface area contributed by atoms with Crippen LogP contribution in [0.3, 0.4) is 0 Å². The molecule has 1 aliphatic heterocycles. The molecule has 3 aromatic rings. The molecule has 1 aromatic carbocycles. The number of nitrogens with one attached hydrogen (secondary N) is 1. The van der Waals surface area contributed by atoms with Crippen LogP contribution < -0.4 is 15.8 Å². The molecule has 0 radical (unpaired) electrons. The van der Waals surface area contributed by atoms with Crippen LogP contribution in [0.1, 0.15) is 81.9 Å². The lowest BCUT2D eigenvalue weighted by molar-refractivity contribution is 0.00706. The van der Waals surface area contributed by atoms with Crippen molar-refractivity contribution >= 4 is 34.7 Å². The van der Waals surface area contributed by atoms with Crippen LogP contribution in [0.2, 0.25) is 5.02 Å². The standard InChI is InChI=1S/C29H37ClN4O3/c1-18-16-21(19(2)31-22-11-9-8-10-20(22)27(36)37-28(3,4)5)24-32-25(23(30)26(35)34(24)17-18)33-14-12-29(6,7)13-15-33/h8-11,16-17,19,31H,12-15H2,1-7H3. The van der Waals surface area contributed by atoms with Gasteiger partial charge in [0, 0.05) is 30.5 Å². The van der Waals surface area contributed by atoms with Gasteiger partial charge in [-0.3, -0.25) is 9.20 Å². The summed E-state index contributed by atoms with van der Waals surface area (Å²) in [6, 6.07) is 9.04. The highest BCUT2D eigenvalue weighted by Gasteiger charge is 2.29. The minimum Gasteiger partial charge on any atom is -0.456 e. The van der Waals surface area contributed by atoms with E-state index in [1.54, 1.807) is 12.3 Å². The van der Waals surface area contributed by atoms with Crippen LogP contribution in [0.25, 0.3) is 5.65 Å². The number of benzene rings is 1. The average Bonchev–Trinajstić information content (AvgIpc) is 2.80. The van der Waals surface area contributed by atoms with Crippen molar-refractivity contribution in [1.29, 1.82) is 0 Å². The number of hydrogen-bond donors (Lipinski definition) is 1. The van der Waals surface area contributed by atoms with Gasteiger partial charge >= 0.3 is 5.97 Å². The van der Waals surface area contributed by atoms with Gasteiger partial charge in [0.05, 0.1) is 11.6 Å². The number of halogens is 1. The van der Waals surface area contributed by atoms with Gasteiger partial charge in [-0.1, -0.05) is 37.6 Å². The van der Waals surface area contributed by atoms with E-state index in [2.05, 4.69) is 24.1 Å². The van der Waals surface area contributed by atoms with Crippen LogP contribution in [0.5, 0.6) is 0 Å². The topological polar surface area (TPSA) is 75.9 Å². The summed E-state index contributed by atoms with van der Waals surface area (Å²) in [6.07, 6.45) is 3.78. The molecule has 1 N–H and O–H groups in total. The van der Waals surface area contributed by atoms with Gasteiger partial charge in [0.1, 0.15) is 16.3 Å². The monoisotopic (exact) mass is 524 g/mol. The smallest absolute Gasteiger partial charge is 0.340 e. The van der Waals surface area contributed by atoms with Crippen LogP contribution in [-0.4, -0.2) is 34.0 Å². The number of ether oxygens (including phenoxy) is 1. The van der Waals surface area contributed by atoms with Crippen molar-refractivity contribution < 1.29 is 9.53 Å². The minimum atomic E-state index is -0.604. The molecule has 2 aromatic heterocycles. The van der Waals surface area contributed by atoms with Gasteiger partial charge in [-0.2, -0.15) is 0 Å². The number of aryl methyl sites for hydroxylation is 1. The van der Waals surface area contributed by atoms with Crippen molar-refractivity contribution in [3.63, 3.8) is 0 Å². The normalized spacial score (nSPS) is 16.5. The molecular weight excluding hydrogens is 488 g/mol. The molecule has 37 heavy (non-hydrogen) atoms. The van der Waals surface area contributed by atoms with Gasteiger partial charge < -0.3 is 15.0 Å². The molecule has 1 saturated heterocycles. The summed E-state index contributed by atoms with van der Waals surface area (Å²) in [5, 5.41) is 3.60. The Hall–Kier alpha value is -3.06. The fraction of sp³-hybridized carbons (Fsp3) is 0.483. The molecule has 4 rings (SSSR count). The fourth-order valence-corrected chi connectivity index (χ4v) is 4.91. The lowest BCUT2D eigenvalue weighted by Gasteiger charge is -2.37. The predicted molar refractivity (Wildman–Crippen MR) is 150 cm³/mol. The highest BCUT2D eigenvalue weighted by atomic mass is 35.5. The van der Waals surface area contributed by atoms with Crippen molar-refractivity contribution in [2.75, 3.05) is 23.3 Å². The van der Waals surface area contributed by atoms with Gasteiger partial charge in [0.25, 0.3) is 5.56 Å². The quantitative estimate of drug-likeness (QED) is 0.388. The van der Waals surface area contributed by atoms with Crippen molar-refractivity contribution in [2.45, 2.75) is 73.0 Å². The predicted octanol–water partition coefficient (Wildman–Crippen LogP) is 6.41. The first kappa shape index (κ1) is 27.0. The Morgan fingerprint density at radius 3 is 2.49 bits per heavy atom. The maximum absolute atomic E-state index is 13.4. The zero-order valence-electron chi connectivity index (χ0n) is 22.8. The molecular formula is C29H37ClN4O3. The van der Waals surface area contributed by atoms with Gasteiger partial charge in [-0.05, 0) is 76.6 Å². The number of nitrogens with zero attached hydrogens (tertiary/aromatic N) is 3. The maximum Gasteiger partial charge on any atom is 0.340 e. The Balaban J connectivity index is 1.74. The Morgan fingerprint density at radius 1 is 1.19 bits per heavy atom. The van der Waals surface area contributed by atoms with Crippen LogP contribution in [0.4, 0.5) is 11.5 Å². The summed E-state index contributed by atoms with van der Waals surface area (Å²) >= 11 is 6.59. The van der Waals surface area contributed by atoms with Crippen molar-refractivity contribution in [2.24, 2.45) is 5.41 Å². The number of anilines is 2. The Bertz CT molecular complexity index is 1380. The largest absolute Gasteiger partial charge is 0.456 e. The Labute approximate surface area is 223 Å². The van der Waals surface area contributed by atoms with Gasteiger partial charge in [0.15, 0.2) is 5.82 Å². The van der Waals surface area contributed by atoms with E-state index in [0.717, 1.165) is 37.1 Å². The number of piperidine rings is 1. The first-order valence-electron chi connectivity index (χ1n) is 12.8. The zero-order chi connectivity index (χ0) is 27.1. The summed E-state index contributed by atoms with van der Waals surface area (Å²) in [5.74, 6) is 0.141. The van der Waals surface area contributed by atoms with Crippen LogP contribution in [0.15, 0.2) is 41.3 Å². The van der Waals surface area contributed by atoms with E-state index in [0.29, 0.717) is 22.7 Å². The molecule has 0 aliphatic carbocycles. The second-order valence-electron chi connectivity index (χ2n) is 11.8. The van der Waals surface area contributed by atoms with Crippen molar-refractivity contribution in [3.05, 3.63) is 68.6 Å². The van der Waals surface area contributed by atoms with Crippen LogP contribution in [-0.2, 0) is 4.74 Å². The van der Waals surface area contributed by atoms with Crippen molar-refractivity contribution in [3.8, 4) is 0 Å². The van der Waals surface area contributed by atoms with Gasteiger partial charge in [0.2, 0.25) is 0 Å². The maximum atomic E-state index is 13.4. The summed E-state index contributed by atoms with van der Waals surface area (Å²) < 4.78 is 7.14. The highest BCUT2D eigenvalue weighted by molar-refractivity contribution is 6.32. The number of fused-ring (bicyclic) bond motifs is 1. The molecule has 0 amide bonds. The summed E-state index contributed by atoms with van der Waals surface area (Å²) in [6.45, 7) is 15.6. The SMILES string of the molecule is Cc1cc(C(C)Nc2ccccc2C(=O)OC(C)(C)C)c2nc(N3CCC(C)(C)CC3)c(Cl)c(=O)n2c1. The van der Waals surface area contributed by atoms with E-state index in [1.165, 1.54) is 4.40 Å². The summed E-state index contributed by atoms with van der Waals surface area (Å²) in [7, 11) is 0.